The van der Waals surface area contributed by atoms with Gasteiger partial charge in [-0.15, -0.1) is 11.6 Å². The summed E-state index contributed by atoms with van der Waals surface area (Å²) in [6.45, 7) is 0.417. The largest absolute Gasteiger partial charge is 0.491 e. The van der Waals surface area contributed by atoms with Crippen LogP contribution in [0.4, 0.5) is 8.78 Å². The molecule has 1 aromatic rings. The smallest absolute Gasteiger partial charge is 0.261 e. The van der Waals surface area contributed by atoms with Gasteiger partial charge in [-0.2, -0.15) is 0 Å². The van der Waals surface area contributed by atoms with E-state index in [1.165, 1.54) is 0 Å². The van der Waals surface area contributed by atoms with Crippen LogP contribution in [0.15, 0.2) is 18.2 Å². The van der Waals surface area contributed by atoms with Gasteiger partial charge in [0.2, 0.25) is 0 Å². The van der Waals surface area contributed by atoms with Gasteiger partial charge < -0.3 is 14.8 Å². The zero-order valence-corrected chi connectivity index (χ0v) is 12.0. The first-order valence-electron chi connectivity index (χ1n) is 6.63. The molecular formula is C14H16ClF2NO3. The van der Waals surface area contributed by atoms with Crippen LogP contribution < -0.4 is 10.1 Å². The minimum Gasteiger partial charge on any atom is -0.491 e. The Bertz CT molecular complexity index is 499. The molecule has 21 heavy (non-hydrogen) atoms. The number of hydrogen-bond donors (Lipinski definition) is 1. The van der Waals surface area contributed by atoms with Crippen molar-refractivity contribution in [2.75, 3.05) is 26.4 Å². The van der Waals surface area contributed by atoms with Crippen LogP contribution in [-0.2, 0) is 4.74 Å². The molecular weight excluding hydrogens is 304 g/mol. The fraction of sp³-hybridized carbons (Fsp3) is 0.500. The Labute approximate surface area is 126 Å². The second-order valence-electron chi connectivity index (χ2n) is 4.58. The molecule has 1 N–H and O–H groups in total. The first-order chi connectivity index (χ1) is 10.1. The van der Waals surface area contributed by atoms with Crippen LogP contribution in [0.3, 0.4) is 0 Å². The molecule has 0 radical (unpaired) electrons. The predicted octanol–water partition coefficient (Wildman–Crippen LogP) is 2.76. The number of carbonyl (C=O) groups excluding carboxylic acids is 1. The summed E-state index contributed by atoms with van der Waals surface area (Å²) in [4.78, 5) is 11.9. The third-order valence-electron chi connectivity index (χ3n) is 3.01. The summed E-state index contributed by atoms with van der Waals surface area (Å²) in [6.07, 6.45) is -2.10. The maximum atomic E-state index is 11.9. The van der Waals surface area contributed by atoms with Crippen LogP contribution >= 0.6 is 11.6 Å². The second-order valence-corrected chi connectivity index (χ2v) is 5.11. The van der Waals surface area contributed by atoms with Gasteiger partial charge in [0.1, 0.15) is 19.0 Å². The summed E-state index contributed by atoms with van der Waals surface area (Å²) < 4.78 is 34.1. The quantitative estimate of drug-likeness (QED) is 0.648. The molecule has 4 nitrogen and oxygen atoms in total. The Hall–Kier alpha value is -1.40. The third-order valence-corrected chi connectivity index (χ3v) is 3.48. The first-order valence-corrected chi connectivity index (χ1v) is 7.06. The first kappa shape index (κ1) is 16.0. The Balaban J connectivity index is 1.98. The lowest BCUT2D eigenvalue weighted by molar-refractivity contribution is 0.0165. The molecule has 1 amide bonds. The van der Waals surface area contributed by atoms with Crippen LogP contribution in [0.5, 0.6) is 5.75 Å². The normalized spacial score (nSPS) is 15.9. The lowest BCUT2D eigenvalue weighted by Crippen LogP contribution is -2.24. The van der Waals surface area contributed by atoms with Crippen molar-refractivity contribution in [3.8, 4) is 5.75 Å². The van der Waals surface area contributed by atoms with Gasteiger partial charge in [-0.3, -0.25) is 4.79 Å². The molecule has 1 aliphatic rings. The van der Waals surface area contributed by atoms with Crippen LogP contribution in [-0.4, -0.2) is 38.7 Å². The molecule has 0 aromatic heterocycles. The molecule has 0 spiro atoms. The van der Waals surface area contributed by atoms with Gasteiger partial charge in [0.15, 0.2) is 0 Å². The van der Waals surface area contributed by atoms with Crippen LogP contribution in [0.2, 0.25) is 0 Å². The Morgan fingerprint density at radius 2 is 2.24 bits per heavy atom. The SMILES string of the molecule is O=C1NCCOc2ccc(C(Cl)CCOCC(F)F)cc21. The highest BCUT2D eigenvalue weighted by molar-refractivity contribution is 6.20. The number of benzene rings is 1. The van der Waals surface area contributed by atoms with Crippen molar-refractivity contribution in [1.29, 1.82) is 0 Å². The maximum Gasteiger partial charge on any atom is 0.261 e. The number of ether oxygens (including phenoxy) is 2. The van der Waals surface area contributed by atoms with Gasteiger partial charge in [0.05, 0.1) is 17.5 Å². The van der Waals surface area contributed by atoms with Gasteiger partial charge in [0, 0.05) is 6.61 Å². The highest BCUT2D eigenvalue weighted by Gasteiger charge is 2.19. The number of nitrogens with one attached hydrogen (secondary N) is 1. The Morgan fingerprint density at radius 3 is 3.00 bits per heavy atom. The number of alkyl halides is 3. The van der Waals surface area contributed by atoms with E-state index in [1.807, 2.05) is 0 Å². The van der Waals surface area contributed by atoms with Crippen molar-refractivity contribution in [1.82, 2.24) is 5.32 Å². The van der Waals surface area contributed by atoms with Crippen molar-refractivity contribution in [2.45, 2.75) is 18.2 Å². The molecule has 0 saturated heterocycles. The number of halogens is 3. The van der Waals surface area contributed by atoms with E-state index in [0.717, 1.165) is 5.56 Å². The summed E-state index contributed by atoms with van der Waals surface area (Å²) in [7, 11) is 0. The van der Waals surface area contributed by atoms with E-state index < -0.39 is 18.4 Å². The lowest BCUT2D eigenvalue weighted by atomic mass is 10.0. The van der Waals surface area contributed by atoms with Crippen molar-refractivity contribution in [3.63, 3.8) is 0 Å². The molecule has 1 atom stereocenters. The number of carbonyl (C=O) groups is 1. The molecule has 116 valence electrons. The average molecular weight is 320 g/mol. The predicted molar refractivity (Wildman–Crippen MR) is 74.3 cm³/mol. The fourth-order valence-corrected chi connectivity index (χ4v) is 2.22. The minimum absolute atomic E-state index is 0.137. The molecule has 1 aliphatic heterocycles. The van der Waals surface area contributed by atoms with E-state index in [4.69, 9.17) is 21.1 Å². The monoisotopic (exact) mass is 319 g/mol. The third kappa shape index (κ3) is 4.54. The van der Waals surface area contributed by atoms with Gasteiger partial charge in [-0.1, -0.05) is 6.07 Å². The summed E-state index contributed by atoms with van der Waals surface area (Å²) in [5, 5.41) is 2.30. The van der Waals surface area contributed by atoms with Crippen molar-refractivity contribution >= 4 is 17.5 Å². The summed E-state index contributed by atoms with van der Waals surface area (Å²) in [5.41, 5.74) is 1.17. The summed E-state index contributed by atoms with van der Waals surface area (Å²) in [5.74, 6) is 0.314. The standard InChI is InChI=1S/C14H16ClF2NO3/c15-11(3-5-20-8-13(16)17)9-1-2-12-10(7-9)14(19)18-4-6-21-12/h1-2,7,11,13H,3-6,8H2,(H,18,19). The highest BCUT2D eigenvalue weighted by Crippen LogP contribution is 2.29. The summed E-state index contributed by atoms with van der Waals surface area (Å²) in [6, 6.07) is 5.13. The van der Waals surface area contributed by atoms with E-state index in [0.29, 0.717) is 30.9 Å². The number of fused-ring (bicyclic) bond motifs is 1. The lowest BCUT2D eigenvalue weighted by Gasteiger charge is -2.13. The minimum atomic E-state index is -2.48. The van der Waals surface area contributed by atoms with Crippen LogP contribution in [0.1, 0.15) is 27.7 Å². The molecule has 0 aliphatic carbocycles. The van der Waals surface area contributed by atoms with E-state index in [2.05, 4.69) is 5.32 Å². The van der Waals surface area contributed by atoms with Crippen molar-refractivity contribution in [3.05, 3.63) is 29.3 Å². The molecule has 1 heterocycles. The Kier molecular flexibility index (Phi) is 5.76. The fourth-order valence-electron chi connectivity index (χ4n) is 1.99. The molecule has 2 rings (SSSR count). The molecule has 1 aromatic carbocycles. The molecule has 0 fully saturated rings. The van der Waals surface area contributed by atoms with E-state index in [1.54, 1.807) is 18.2 Å². The Morgan fingerprint density at radius 1 is 1.43 bits per heavy atom. The van der Waals surface area contributed by atoms with Crippen LogP contribution in [0.25, 0.3) is 0 Å². The molecule has 0 bridgehead atoms. The van der Waals surface area contributed by atoms with Gasteiger partial charge >= 0.3 is 0 Å². The molecule has 1 unspecified atom stereocenters. The van der Waals surface area contributed by atoms with Gasteiger partial charge in [-0.25, -0.2) is 8.78 Å². The van der Waals surface area contributed by atoms with Crippen molar-refractivity contribution in [2.24, 2.45) is 0 Å². The zero-order valence-electron chi connectivity index (χ0n) is 11.3. The number of hydrogen-bond acceptors (Lipinski definition) is 3. The highest BCUT2D eigenvalue weighted by atomic mass is 35.5. The van der Waals surface area contributed by atoms with E-state index in [9.17, 15) is 13.6 Å². The molecule has 0 saturated carbocycles. The summed E-state index contributed by atoms with van der Waals surface area (Å²) >= 11 is 6.21. The number of rotatable bonds is 6. The second kappa shape index (κ2) is 7.56. The van der Waals surface area contributed by atoms with Gasteiger partial charge in [0.25, 0.3) is 12.3 Å². The van der Waals surface area contributed by atoms with E-state index in [-0.39, 0.29) is 12.5 Å². The zero-order chi connectivity index (χ0) is 15.2. The van der Waals surface area contributed by atoms with Crippen molar-refractivity contribution < 1.29 is 23.0 Å². The maximum absolute atomic E-state index is 11.9. The van der Waals surface area contributed by atoms with Crippen LogP contribution in [0, 0.1) is 0 Å². The average Bonchev–Trinajstić information content (AvgIpc) is 2.65. The number of amides is 1. The van der Waals surface area contributed by atoms with Gasteiger partial charge in [-0.05, 0) is 24.1 Å². The topological polar surface area (TPSA) is 47.6 Å². The molecule has 7 heteroatoms. The van der Waals surface area contributed by atoms with E-state index >= 15 is 0 Å².